The maximum atomic E-state index is 12.5. The first kappa shape index (κ1) is 17.0. The van der Waals surface area contributed by atoms with E-state index in [9.17, 15) is 14.4 Å². The molecule has 124 valence electrons. The first-order valence-electron chi connectivity index (χ1n) is 7.80. The largest absolute Gasteiger partial charge is 0.356 e. The second kappa shape index (κ2) is 7.26. The molecule has 1 aliphatic heterocycles. The number of hydrogen-bond donors (Lipinski definition) is 1. The Hall–Kier alpha value is -2.37. The molecule has 1 heterocycles. The number of anilines is 1. The number of para-hydroxylation sites is 1. The van der Waals surface area contributed by atoms with Gasteiger partial charge in [-0.2, -0.15) is 0 Å². The number of hydrogen-bond acceptors (Lipinski definition) is 3. The van der Waals surface area contributed by atoms with Crippen LogP contribution >= 0.6 is 0 Å². The van der Waals surface area contributed by atoms with Crippen LogP contribution < -0.4 is 10.2 Å². The summed E-state index contributed by atoms with van der Waals surface area (Å²) in [6.07, 6.45) is 0.210. The van der Waals surface area contributed by atoms with Gasteiger partial charge < -0.3 is 15.1 Å². The summed E-state index contributed by atoms with van der Waals surface area (Å²) in [6.45, 7) is 6.18. The molecule has 1 aromatic carbocycles. The van der Waals surface area contributed by atoms with Crippen molar-refractivity contribution in [2.24, 2.45) is 0 Å². The number of aryl methyl sites for hydroxylation is 1. The van der Waals surface area contributed by atoms with Gasteiger partial charge in [-0.05, 0) is 25.5 Å². The summed E-state index contributed by atoms with van der Waals surface area (Å²) < 4.78 is 0. The molecule has 3 amide bonds. The molecule has 1 fully saturated rings. The fourth-order valence-electron chi connectivity index (χ4n) is 2.77. The summed E-state index contributed by atoms with van der Waals surface area (Å²) in [6, 6.07) is 7.68. The molecule has 1 atom stereocenters. The highest BCUT2D eigenvalue weighted by Crippen LogP contribution is 2.23. The van der Waals surface area contributed by atoms with Crippen molar-refractivity contribution in [2.75, 3.05) is 24.5 Å². The van der Waals surface area contributed by atoms with Crippen molar-refractivity contribution in [1.82, 2.24) is 10.2 Å². The molecule has 1 N–H and O–H groups in total. The van der Waals surface area contributed by atoms with Crippen molar-refractivity contribution in [2.45, 2.75) is 33.2 Å². The van der Waals surface area contributed by atoms with E-state index in [4.69, 9.17) is 0 Å². The van der Waals surface area contributed by atoms with Crippen LogP contribution in [0.4, 0.5) is 5.69 Å². The molecule has 6 heteroatoms. The number of carbonyl (C=O) groups excluding carboxylic acids is 3. The van der Waals surface area contributed by atoms with Crippen LogP contribution in [0.1, 0.15) is 25.8 Å². The predicted octanol–water partition coefficient (Wildman–Crippen LogP) is 1.08. The Morgan fingerprint density at radius 2 is 2.00 bits per heavy atom. The highest BCUT2D eigenvalue weighted by Gasteiger charge is 2.33. The Morgan fingerprint density at radius 3 is 2.65 bits per heavy atom. The summed E-state index contributed by atoms with van der Waals surface area (Å²) in [5, 5.41) is 2.60. The Morgan fingerprint density at radius 1 is 1.30 bits per heavy atom. The van der Waals surface area contributed by atoms with E-state index in [1.54, 1.807) is 9.80 Å². The van der Waals surface area contributed by atoms with E-state index in [1.807, 2.05) is 38.1 Å². The topological polar surface area (TPSA) is 69.7 Å². The Labute approximate surface area is 136 Å². The molecule has 0 spiro atoms. The van der Waals surface area contributed by atoms with Gasteiger partial charge in [-0.15, -0.1) is 0 Å². The molecule has 2 rings (SSSR count). The lowest BCUT2D eigenvalue weighted by Gasteiger charge is -2.40. The molecule has 0 radical (unpaired) electrons. The van der Waals surface area contributed by atoms with Gasteiger partial charge in [-0.25, -0.2) is 0 Å². The van der Waals surface area contributed by atoms with Gasteiger partial charge in [0.15, 0.2) is 0 Å². The molecular weight excluding hydrogens is 294 g/mol. The zero-order valence-corrected chi connectivity index (χ0v) is 13.8. The number of nitrogens with one attached hydrogen (secondary N) is 1. The van der Waals surface area contributed by atoms with Gasteiger partial charge in [-0.1, -0.05) is 18.2 Å². The highest BCUT2D eigenvalue weighted by molar-refractivity contribution is 5.98. The van der Waals surface area contributed by atoms with Crippen molar-refractivity contribution in [1.29, 1.82) is 0 Å². The van der Waals surface area contributed by atoms with Crippen LogP contribution in [0.2, 0.25) is 0 Å². The fourth-order valence-corrected chi connectivity index (χ4v) is 2.77. The quantitative estimate of drug-likeness (QED) is 0.903. The first-order valence-corrected chi connectivity index (χ1v) is 7.80. The van der Waals surface area contributed by atoms with Gasteiger partial charge in [0.25, 0.3) is 0 Å². The van der Waals surface area contributed by atoms with Gasteiger partial charge in [0, 0.05) is 38.2 Å². The summed E-state index contributed by atoms with van der Waals surface area (Å²) in [7, 11) is 0. The summed E-state index contributed by atoms with van der Waals surface area (Å²) >= 11 is 0. The molecule has 1 saturated heterocycles. The number of rotatable bonds is 4. The number of benzene rings is 1. The van der Waals surface area contributed by atoms with Crippen LogP contribution in [-0.4, -0.2) is 48.3 Å². The average Bonchev–Trinajstić information content (AvgIpc) is 2.49. The van der Waals surface area contributed by atoms with Gasteiger partial charge in [0.05, 0.1) is 0 Å². The van der Waals surface area contributed by atoms with Crippen molar-refractivity contribution in [3.8, 4) is 0 Å². The van der Waals surface area contributed by atoms with E-state index >= 15 is 0 Å². The molecular formula is C17H23N3O3. The van der Waals surface area contributed by atoms with Crippen molar-refractivity contribution >= 4 is 23.4 Å². The highest BCUT2D eigenvalue weighted by atomic mass is 16.2. The van der Waals surface area contributed by atoms with Gasteiger partial charge >= 0.3 is 0 Å². The van der Waals surface area contributed by atoms with Crippen LogP contribution in [-0.2, 0) is 14.4 Å². The van der Waals surface area contributed by atoms with Crippen molar-refractivity contribution in [3.05, 3.63) is 29.8 Å². The van der Waals surface area contributed by atoms with Gasteiger partial charge in [0.1, 0.15) is 6.54 Å². The van der Waals surface area contributed by atoms with E-state index in [0.29, 0.717) is 13.1 Å². The first-order chi connectivity index (χ1) is 10.9. The predicted molar refractivity (Wildman–Crippen MR) is 88.0 cm³/mol. The fraction of sp³-hybridized carbons (Fsp3) is 0.471. The third-order valence-electron chi connectivity index (χ3n) is 4.02. The smallest absolute Gasteiger partial charge is 0.246 e. The standard InChI is InChI=1S/C17H23N3O3/c1-12-6-4-5-7-15(12)20-10-13(2)19(11-17(20)23)16(22)8-9-18-14(3)21/h4-7,13H,8-11H2,1-3H3,(H,18,21)/t13-/m1/s1. The normalized spacial score (nSPS) is 18.0. The number of nitrogens with zero attached hydrogens (tertiary/aromatic N) is 2. The third kappa shape index (κ3) is 4.09. The van der Waals surface area contributed by atoms with E-state index < -0.39 is 0 Å². The number of piperazine rings is 1. The second-order valence-corrected chi connectivity index (χ2v) is 5.89. The Bertz CT molecular complexity index is 615. The van der Waals surface area contributed by atoms with Gasteiger partial charge in [0.2, 0.25) is 17.7 Å². The summed E-state index contributed by atoms with van der Waals surface area (Å²) in [4.78, 5) is 38.9. The summed E-state index contributed by atoms with van der Waals surface area (Å²) in [5.74, 6) is -0.347. The Balaban J connectivity index is 2.02. The number of amides is 3. The van der Waals surface area contributed by atoms with Crippen LogP contribution in [0.5, 0.6) is 0 Å². The average molecular weight is 317 g/mol. The SMILES string of the molecule is CC(=O)NCCC(=O)N1CC(=O)N(c2ccccc2C)C[C@H]1C. The molecule has 0 aromatic heterocycles. The monoisotopic (exact) mass is 317 g/mol. The Kier molecular flexibility index (Phi) is 5.36. The third-order valence-corrected chi connectivity index (χ3v) is 4.02. The zero-order valence-electron chi connectivity index (χ0n) is 13.8. The molecule has 1 aromatic rings. The van der Waals surface area contributed by atoms with Crippen LogP contribution in [0.3, 0.4) is 0 Å². The van der Waals surface area contributed by atoms with Crippen molar-refractivity contribution < 1.29 is 14.4 Å². The van der Waals surface area contributed by atoms with E-state index in [1.165, 1.54) is 6.92 Å². The van der Waals surface area contributed by atoms with E-state index in [2.05, 4.69) is 5.32 Å². The second-order valence-electron chi connectivity index (χ2n) is 5.89. The molecule has 23 heavy (non-hydrogen) atoms. The molecule has 0 aliphatic carbocycles. The van der Waals surface area contributed by atoms with E-state index in [-0.39, 0.29) is 36.7 Å². The summed E-state index contributed by atoms with van der Waals surface area (Å²) in [5.41, 5.74) is 1.94. The minimum Gasteiger partial charge on any atom is -0.356 e. The van der Waals surface area contributed by atoms with Crippen LogP contribution in [0.25, 0.3) is 0 Å². The van der Waals surface area contributed by atoms with Crippen LogP contribution in [0, 0.1) is 6.92 Å². The zero-order chi connectivity index (χ0) is 17.0. The van der Waals surface area contributed by atoms with E-state index in [0.717, 1.165) is 11.3 Å². The lowest BCUT2D eigenvalue weighted by atomic mass is 10.1. The maximum Gasteiger partial charge on any atom is 0.246 e. The molecule has 0 bridgehead atoms. The van der Waals surface area contributed by atoms with Crippen LogP contribution in [0.15, 0.2) is 24.3 Å². The lowest BCUT2D eigenvalue weighted by Crippen LogP contribution is -2.57. The number of carbonyl (C=O) groups is 3. The molecule has 0 saturated carbocycles. The lowest BCUT2D eigenvalue weighted by molar-refractivity contribution is -0.139. The molecule has 0 unspecified atom stereocenters. The minimum absolute atomic E-state index is 0.0582. The maximum absolute atomic E-state index is 12.5. The van der Waals surface area contributed by atoms with Crippen molar-refractivity contribution in [3.63, 3.8) is 0 Å². The minimum atomic E-state index is -0.161. The molecule has 6 nitrogen and oxygen atoms in total. The molecule has 1 aliphatic rings. The van der Waals surface area contributed by atoms with Gasteiger partial charge in [-0.3, -0.25) is 14.4 Å².